The molecule has 0 aliphatic carbocycles. The summed E-state index contributed by atoms with van der Waals surface area (Å²) in [7, 11) is 0. The van der Waals surface area contributed by atoms with Crippen LogP contribution in [0.25, 0.3) is 0 Å². The van der Waals surface area contributed by atoms with Crippen LogP contribution in [0, 0.1) is 0 Å². The zero-order chi connectivity index (χ0) is 17.6. The number of hydrazone groups is 1. The highest BCUT2D eigenvalue weighted by atomic mass is 32.1. The fraction of sp³-hybridized carbons (Fsp3) is 0.188. The summed E-state index contributed by atoms with van der Waals surface area (Å²) >= 11 is 1.21. The van der Waals surface area contributed by atoms with Gasteiger partial charge in [0.1, 0.15) is 5.71 Å². The Labute approximate surface area is 140 Å². The van der Waals surface area contributed by atoms with Crippen molar-refractivity contribution in [1.29, 1.82) is 0 Å². The summed E-state index contributed by atoms with van der Waals surface area (Å²) in [5.41, 5.74) is 1.37. The van der Waals surface area contributed by atoms with Gasteiger partial charge in [0.25, 0.3) is 0 Å². The van der Waals surface area contributed by atoms with E-state index in [9.17, 15) is 22.8 Å². The van der Waals surface area contributed by atoms with E-state index in [-0.39, 0.29) is 12.0 Å². The van der Waals surface area contributed by atoms with Gasteiger partial charge in [0, 0.05) is 10.9 Å². The van der Waals surface area contributed by atoms with Gasteiger partial charge < -0.3 is 0 Å². The molecule has 0 aliphatic rings. The second-order valence-corrected chi connectivity index (χ2v) is 5.65. The Morgan fingerprint density at radius 2 is 1.83 bits per heavy atom. The molecule has 2 aromatic rings. The molecular formula is C16H13F3N2O2S. The number of thiophene rings is 1. The molecule has 126 valence electrons. The molecule has 8 heteroatoms. The number of alkyl halides is 3. The molecule has 4 nitrogen and oxygen atoms in total. The summed E-state index contributed by atoms with van der Waals surface area (Å²) in [6, 6.07) is 9.98. The lowest BCUT2D eigenvalue weighted by atomic mass is 10.1. The summed E-state index contributed by atoms with van der Waals surface area (Å²) in [5, 5.41) is 6.17. The minimum absolute atomic E-state index is 0.103. The summed E-state index contributed by atoms with van der Waals surface area (Å²) < 4.78 is 38.9. The van der Waals surface area contributed by atoms with Crippen molar-refractivity contribution < 1.29 is 22.8 Å². The fourth-order valence-corrected chi connectivity index (χ4v) is 2.49. The van der Waals surface area contributed by atoms with E-state index in [1.807, 2.05) is 5.43 Å². The van der Waals surface area contributed by atoms with Crippen molar-refractivity contribution >= 4 is 28.7 Å². The Morgan fingerprint density at radius 3 is 2.42 bits per heavy atom. The molecule has 0 atom stereocenters. The normalized spacial score (nSPS) is 12.0. The molecule has 0 bridgehead atoms. The number of nitrogens with zero attached hydrogens (tertiary/aromatic N) is 1. The number of amides is 1. The van der Waals surface area contributed by atoms with E-state index in [0.29, 0.717) is 5.56 Å². The number of ketones is 1. The molecule has 24 heavy (non-hydrogen) atoms. The third-order valence-electron chi connectivity index (χ3n) is 3.02. The molecule has 1 N–H and O–H groups in total. The predicted molar refractivity (Wildman–Crippen MR) is 85.0 cm³/mol. The van der Waals surface area contributed by atoms with Gasteiger partial charge in [0.05, 0.1) is 12.8 Å². The minimum Gasteiger partial charge on any atom is -0.294 e. The molecule has 0 saturated heterocycles. The number of halogens is 3. The molecule has 1 aromatic heterocycles. The van der Waals surface area contributed by atoms with Gasteiger partial charge in [-0.3, -0.25) is 9.59 Å². The van der Waals surface area contributed by atoms with Crippen LogP contribution in [0.15, 0.2) is 52.3 Å². The number of benzene rings is 1. The number of hydrogen-bond donors (Lipinski definition) is 1. The van der Waals surface area contributed by atoms with Crippen molar-refractivity contribution in [2.75, 3.05) is 0 Å². The molecule has 0 spiro atoms. The van der Waals surface area contributed by atoms with Crippen LogP contribution < -0.4 is 5.43 Å². The Hall–Kier alpha value is -2.48. The number of carbonyl (C=O) groups excluding carboxylic acids is 2. The van der Waals surface area contributed by atoms with Crippen molar-refractivity contribution in [2.45, 2.75) is 19.0 Å². The highest BCUT2D eigenvalue weighted by Gasteiger charge is 2.37. The first kappa shape index (κ1) is 17.9. The van der Waals surface area contributed by atoms with Crippen LogP contribution >= 0.6 is 11.3 Å². The Kier molecular flexibility index (Phi) is 5.86. The topological polar surface area (TPSA) is 58.5 Å². The van der Waals surface area contributed by atoms with Gasteiger partial charge in [0.2, 0.25) is 5.91 Å². The highest BCUT2D eigenvalue weighted by molar-refractivity contribution is 7.08. The molecule has 1 aromatic carbocycles. The fourth-order valence-electron chi connectivity index (χ4n) is 1.83. The van der Waals surface area contributed by atoms with Crippen LogP contribution in [-0.4, -0.2) is 23.6 Å². The molecule has 0 fully saturated rings. The van der Waals surface area contributed by atoms with Gasteiger partial charge >= 0.3 is 6.18 Å². The molecule has 0 unspecified atom stereocenters. The largest absolute Gasteiger partial charge is 0.431 e. The van der Waals surface area contributed by atoms with E-state index in [2.05, 4.69) is 5.10 Å². The number of carbonyl (C=O) groups is 2. The average Bonchev–Trinajstić information content (AvgIpc) is 3.05. The van der Waals surface area contributed by atoms with Crippen LogP contribution in [-0.2, 0) is 11.2 Å². The summed E-state index contributed by atoms with van der Waals surface area (Å²) in [4.78, 5) is 23.5. The maximum atomic E-state index is 13.0. The SMILES string of the molecule is O=C(Cc1ccccc1)N/N=C(\CC(=O)c1ccsc1)C(F)(F)F. The van der Waals surface area contributed by atoms with Gasteiger partial charge in [0.15, 0.2) is 5.78 Å². The predicted octanol–water partition coefficient (Wildman–Crippen LogP) is 3.60. The van der Waals surface area contributed by atoms with Crippen molar-refractivity contribution in [2.24, 2.45) is 5.10 Å². The van der Waals surface area contributed by atoms with Crippen LogP contribution in [0.4, 0.5) is 13.2 Å². The summed E-state index contributed by atoms with van der Waals surface area (Å²) in [6.45, 7) is 0. The van der Waals surface area contributed by atoms with E-state index in [1.165, 1.54) is 22.8 Å². The van der Waals surface area contributed by atoms with Crippen LogP contribution in [0.2, 0.25) is 0 Å². The number of hydrogen-bond acceptors (Lipinski definition) is 4. The first-order valence-corrected chi connectivity index (χ1v) is 7.82. The van der Waals surface area contributed by atoms with Crippen LogP contribution in [0.3, 0.4) is 0 Å². The number of rotatable bonds is 6. The third-order valence-corrected chi connectivity index (χ3v) is 3.70. The molecule has 0 aliphatic heterocycles. The second kappa shape index (κ2) is 7.87. The maximum absolute atomic E-state index is 13.0. The van der Waals surface area contributed by atoms with Crippen LogP contribution in [0.5, 0.6) is 0 Å². The van der Waals surface area contributed by atoms with E-state index in [1.54, 1.807) is 35.7 Å². The Bertz CT molecular complexity index is 726. The molecule has 0 saturated carbocycles. The first-order valence-electron chi connectivity index (χ1n) is 6.88. The molecule has 0 radical (unpaired) electrons. The second-order valence-electron chi connectivity index (χ2n) is 4.87. The molecule has 1 heterocycles. The standard InChI is InChI=1S/C16H13F3N2O2S/c17-16(18,19)14(9-13(22)12-6-7-24-10-12)20-21-15(23)8-11-4-2-1-3-5-11/h1-7,10H,8-9H2,(H,21,23)/b20-14+. The van der Waals surface area contributed by atoms with Gasteiger partial charge in [-0.05, 0) is 17.0 Å². The number of nitrogens with one attached hydrogen (secondary N) is 1. The summed E-state index contributed by atoms with van der Waals surface area (Å²) in [6.07, 6.45) is -5.83. The first-order chi connectivity index (χ1) is 11.4. The molecule has 2 rings (SSSR count). The Balaban J connectivity index is 2.03. The van der Waals surface area contributed by atoms with E-state index >= 15 is 0 Å². The van der Waals surface area contributed by atoms with Crippen molar-refractivity contribution in [1.82, 2.24) is 5.43 Å². The Morgan fingerprint density at radius 1 is 1.12 bits per heavy atom. The van der Waals surface area contributed by atoms with E-state index in [0.717, 1.165) is 0 Å². The van der Waals surface area contributed by atoms with E-state index < -0.39 is 30.0 Å². The zero-order valence-electron chi connectivity index (χ0n) is 12.3. The highest BCUT2D eigenvalue weighted by Crippen LogP contribution is 2.21. The summed E-state index contributed by atoms with van der Waals surface area (Å²) in [5.74, 6) is -1.39. The lowest BCUT2D eigenvalue weighted by molar-refractivity contribution is -0.120. The minimum atomic E-state index is -4.80. The molecule has 1 amide bonds. The van der Waals surface area contributed by atoms with Crippen molar-refractivity contribution in [3.63, 3.8) is 0 Å². The van der Waals surface area contributed by atoms with Crippen molar-refractivity contribution in [3.05, 3.63) is 58.3 Å². The lowest BCUT2D eigenvalue weighted by Gasteiger charge is -2.10. The van der Waals surface area contributed by atoms with Gasteiger partial charge in [-0.1, -0.05) is 30.3 Å². The average molecular weight is 354 g/mol. The van der Waals surface area contributed by atoms with Gasteiger partial charge in [-0.25, -0.2) is 5.43 Å². The molecular weight excluding hydrogens is 341 g/mol. The maximum Gasteiger partial charge on any atom is 0.431 e. The monoisotopic (exact) mass is 354 g/mol. The number of Topliss-reactive ketones (excluding diaryl/α,β-unsaturated/α-hetero) is 1. The van der Waals surface area contributed by atoms with Crippen LogP contribution in [0.1, 0.15) is 22.3 Å². The van der Waals surface area contributed by atoms with Crippen molar-refractivity contribution in [3.8, 4) is 0 Å². The van der Waals surface area contributed by atoms with Gasteiger partial charge in [-0.15, -0.1) is 0 Å². The quantitative estimate of drug-likeness (QED) is 0.490. The smallest absolute Gasteiger partial charge is 0.294 e. The lowest BCUT2D eigenvalue weighted by Crippen LogP contribution is -2.30. The third kappa shape index (κ3) is 5.31. The van der Waals surface area contributed by atoms with E-state index in [4.69, 9.17) is 0 Å². The zero-order valence-corrected chi connectivity index (χ0v) is 13.2. The van der Waals surface area contributed by atoms with Gasteiger partial charge in [-0.2, -0.15) is 29.6 Å².